The van der Waals surface area contributed by atoms with Crippen LogP contribution in [0.3, 0.4) is 0 Å². The van der Waals surface area contributed by atoms with Crippen molar-refractivity contribution in [1.82, 2.24) is 14.4 Å². The molecular weight excluding hydrogens is 754 g/mol. The predicted molar refractivity (Wildman–Crippen MR) is 215 cm³/mol. The Morgan fingerprint density at radius 2 is 1.67 bits per heavy atom. The lowest BCUT2D eigenvalue weighted by atomic mass is 9.92. The van der Waals surface area contributed by atoms with E-state index in [0.717, 1.165) is 35.3 Å². The molecule has 0 unspecified atom stereocenters. The summed E-state index contributed by atoms with van der Waals surface area (Å²) in [6, 6.07) is 24.3. The molecule has 7 rings (SSSR count). The number of phenolic OH excluding ortho intramolecular Hbond substituents is 1. The second-order valence-electron chi connectivity index (χ2n) is 14.4. The molecular formula is C44H45ClF2N4O6. The number of fused-ring (bicyclic) bond motifs is 1. The standard InChI is InChI=1S/C44H45ClF2N4O6/c1-27-30(10-7-11-40(27)55-4)24-50(32-12-14-34(52)15-13-32)42(53)35-22-39(48(3)28(35)2)36-21-38(45)41(57-44(46)47)23-37(36)43(54)51-25-31-9-6-5-8-29(31)20-33(51)26-49-16-18-56-19-17-49/h5-15,21-23,33,44,52H,16-20,24-26H2,1-4H3/t33-/m0/s1. The quantitative estimate of drug-likeness (QED) is 0.145. The third-order valence-corrected chi connectivity index (χ3v) is 11.4. The first kappa shape index (κ1) is 39.8. The number of anilines is 1. The molecule has 1 aromatic heterocycles. The van der Waals surface area contributed by atoms with Crippen LogP contribution in [0.25, 0.3) is 11.3 Å². The zero-order chi connectivity index (χ0) is 40.4. The molecule has 1 saturated heterocycles. The minimum atomic E-state index is -3.17. The average Bonchev–Trinajstić information content (AvgIpc) is 3.50. The summed E-state index contributed by atoms with van der Waals surface area (Å²) in [4.78, 5) is 35.5. The molecule has 0 aliphatic carbocycles. The molecule has 1 atom stereocenters. The van der Waals surface area contributed by atoms with Gasteiger partial charge in [-0.1, -0.05) is 48.0 Å². The van der Waals surface area contributed by atoms with Crippen LogP contribution in [0, 0.1) is 13.8 Å². The SMILES string of the molecule is COc1cccc(CN(C(=O)c2cc(-c3cc(Cl)c(OC(F)F)cc3C(=O)N3Cc4ccccc4C[C@H]3CN3CCOCC3)n(C)c2C)c2ccc(O)cc2)c1C. The lowest BCUT2D eigenvalue weighted by Crippen LogP contribution is -2.52. The first-order valence-electron chi connectivity index (χ1n) is 18.8. The number of amides is 2. The molecule has 0 radical (unpaired) electrons. The number of morpholine rings is 1. The number of carbonyl (C=O) groups excluding carboxylic acids is 2. The maximum Gasteiger partial charge on any atom is 0.387 e. The number of phenols is 1. The van der Waals surface area contributed by atoms with Crippen molar-refractivity contribution >= 4 is 29.1 Å². The minimum Gasteiger partial charge on any atom is -0.508 e. The van der Waals surface area contributed by atoms with Crippen molar-refractivity contribution in [3.63, 3.8) is 0 Å². The molecule has 2 amide bonds. The molecule has 0 saturated carbocycles. The molecule has 3 heterocycles. The van der Waals surface area contributed by atoms with Gasteiger partial charge in [-0.25, -0.2) is 0 Å². The van der Waals surface area contributed by atoms with Crippen LogP contribution in [0.5, 0.6) is 17.2 Å². The zero-order valence-corrected chi connectivity index (χ0v) is 33.1. The fourth-order valence-corrected chi connectivity index (χ4v) is 8.02. The highest BCUT2D eigenvalue weighted by Gasteiger charge is 2.35. The van der Waals surface area contributed by atoms with E-state index < -0.39 is 6.61 Å². The van der Waals surface area contributed by atoms with Crippen molar-refractivity contribution in [1.29, 1.82) is 0 Å². The summed E-state index contributed by atoms with van der Waals surface area (Å²) < 4.78 is 45.2. The van der Waals surface area contributed by atoms with Gasteiger partial charge in [0.15, 0.2) is 0 Å². The van der Waals surface area contributed by atoms with Gasteiger partial charge >= 0.3 is 6.61 Å². The van der Waals surface area contributed by atoms with Crippen molar-refractivity contribution < 1.29 is 37.7 Å². The number of carbonyl (C=O) groups is 2. The van der Waals surface area contributed by atoms with E-state index in [1.807, 2.05) is 48.2 Å². The van der Waals surface area contributed by atoms with Gasteiger partial charge in [-0.05, 0) is 91.1 Å². The van der Waals surface area contributed by atoms with E-state index in [4.69, 9.17) is 25.8 Å². The number of rotatable bonds is 11. The summed E-state index contributed by atoms with van der Waals surface area (Å²) in [5, 5.41) is 9.98. The molecule has 0 spiro atoms. The number of ether oxygens (including phenoxy) is 3. The molecule has 2 aliphatic rings. The number of benzene rings is 4. The van der Waals surface area contributed by atoms with Gasteiger partial charge in [0.1, 0.15) is 17.2 Å². The fraction of sp³-hybridized carbons (Fsp3) is 0.318. The van der Waals surface area contributed by atoms with Crippen molar-refractivity contribution in [2.45, 2.75) is 46.0 Å². The van der Waals surface area contributed by atoms with E-state index in [9.17, 15) is 18.7 Å². The van der Waals surface area contributed by atoms with Gasteiger partial charge in [0, 0.05) is 61.9 Å². The Kier molecular flexibility index (Phi) is 11.8. The Morgan fingerprint density at radius 1 is 0.947 bits per heavy atom. The molecule has 298 valence electrons. The van der Waals surface area contributed by atoms with Crippen LogP contribution < -0.4 is 14.4 Å². The van der Waals surface area contributed by atoms with Crippen LogP contribution in [0.1, 0.15) is 48.7 Å². The Labute approximate surface area is 335 Å². The van der Waals surface area contributed by atoms with E-state index in [1.54, 1.807) is 48.7 Å². The van der Waals surface area contributed by atoms with Crippen molar-refractivity contribution in [3.05, 3.63) is 129 Å². The summed E-state index contributed by atoms with van der Waals surface area (Å²) in [5.74, 6) is -0.298. The molecule has 10 nitrogen and oxygen atoms in total. The molecule has 1 fully saturated rings. The van der Waals surface area contributed by atoms with Gasteiger partial charge in [-0.3, -0.25) is 14.5 Å². The van der Waals surface area contributed by atoms with E-state index in [2.05, 4.69) is 11.0 Å². The summed E-state index contributed by atoms with van der Waals surface area (Å²) in [6.45, 7) is 4.34. The highest BCUT2D eigenvalue weighted by atomic mass is 35.5. The van der Waals surface area contributed by atoms with Gasteiger partial charge in [-0.15, -0.1) is 0 Å². The van der Waals surface area contributed by atoms with Gasteiger partial charge in [-0.2, -0.15) is 8.78 Å². The maximum absolute atomic E-state index is 15.0. The third-order valence-electron chi connectivity index (χ3n) is 11.1. The third kappa shape index (κ3) is 8.34. The van der Waals surface area contributed by atoms with Crippen molar-refractivity contribution in [2.24, 2.45) is 7.05 Å². The van der Waals surface area contributed by atoms with Crippen LogP contribution in [-0.4, -0.2) is 83.9 Å². The first-order valence-corrected chi connectivity index (χ1v) is 19.2. The number of methoxy groups -OCH3 is 1. The second kappa shape index (κ2) is 17.0. The van der Waals surface area contributed by atoms with Crippen LogP contribution in [0.15, 0.2) is 84.9 Å². The maximum atomic E-state index is 15.0. The number of nitrogens with zero attached hydrogens (tertiary/aromatic N) is 4. The second-order valence-corrected chi connectivity index (χ2v) is 14.8. The molecule has 0 bridgehead atoms. The smallest absolute Gasteiger partial charge is 0.387 e. The van der Waals surface area contributed by atoms with Crippen LogP contribution >= 0.6 is 11.6 Å². The van der Waals surface area contributed by atoms with E-state index in [0.29, 0.717) is 66.7 Å². The number of aromatic nitrogens is 1. The highest BCUT2D eigenvalue weighted by Crippen LogP contribution is 2.39. The molecule has 13 heteroatoms. The van der Waals surface area contributed by atoms with Gasteiger partial charge in [0.05, 0.1) is 43.0 Å². The number of aromatic hydroxyl groups is 1. The Hall–Kier alpha value is -5.43. The van der Waals surface area contributed by atoms with Crippen LogP contribution in [0.4, 0.5) is 14.5 Å². The molecule has 57 heavy (non-hydrogen) atoms. The number of hydrogen-bond donors (Lipinski definition) is 1. The van der Waals surface area contributed by atoms with Crippen LogP contribution in [0.2, 0.25) is 5.02 Å². The molecule has 2 aliphatic heterocycles. The number of halogens is 3. The lowest BCUT2D eigenvalue weighted by Gasteiger charge is -2.40. The summed E-state index contributed by atoms with van der Waals surface area (Å²) in [7, 11) is 3.37. The number of alkyl halides is 2. The Bertz CT molecular complexity index is 2270. The normalized spacial score (nSPS) is 15.7. The first-order chi connectivity index (χ1) is 27.4. The molecule has 1 N–H and O–H groups in total. The highest BCUT2D eigenvalue weighted by molar-refractivity contribution is 6.32. The summed E-state index contributed by atoms with van der Waals surface area (Å²) >= 11 is 6.63. The Morgan fingerprint density at radius 3 is 2.37 bits per heavy atom. The van der Waals surface area contributed by atoms with E-state index >= 15 is 4.79 Å². The van der Waals surface area contributed by atoms with Gasteiger partial charge in [0.2, 0.25) is 0 Å². The molecule has 4 aromatic carbocycles. The molecule has 5 aromatic rings. The van der Waals surface area contributed by atoms with Crippen molar-refractivity contribution in [3.8, 4) is 28.5 Å². The summed E-state index contributed by atoms with van der Waals surface area (Å²) in [5.41, 5.74) is 6.34. The van der Waals surface area contributed by atoms with Crippen molar-refractivity contribution in [2.75, 3.05) is 44.9 Å². The lowest BCUT2D eigenvalue weighted by molar-refractivity contribution is -0.0498. The van der Waals surface area contributed by atoms with Crippen LogP contribution in [-0.2, 0) is 31.3 Å². The fourth-order valence-electron chi connectivity index (χ4n) is 7.81. The zero-order valence-electron chi connectivity index (χ0n) is 32.3. The largest absolute Gasteiger partial charge is 0.508 e. The van der Waals surface area contributed by atoms with Gasteiger partial charge in [0.25, 0.3) is 11.8 Å². The van der Waals surface area contributed by atoms with E-state index in [-0.39, 0.29) is 46.5 Å². The monoisotopic (exact) mass is 798 g/mol. The number of hydrogen-bond acceptors (Lipinski definition) is 7. The van der Waals surface area contributed by atoms with Gasteiger partial charge < -0.3 is 33.7 Å². The van der Waals surface area contributed by atoms with E-state index in [1.165, 1.54) is 24.3 Å². The minimum absolute atomic E-state index is 0.0552. The summed E-state index contributed by atoms with van der Waals surface area (Å²) in [6.07, 6.45) is 0.615. The Balaban J connectivity index is 1.31. The topological polar surface area (TPSA) is 96.7 Å². The average molecular weight is 799 g/mol. The predicted octanol–water partition coefficient (Wildman–Crippen LogP) is 8.02.